The van der Waals surface area contributed by atoms with Gasteiger partial charge in [0, 0.05) is 39.3 Å². The summed E-state index contributed by atoms with van der Waals surface area (Å²) in [7, 11) is 0. The molecule has 3 aromatic rings. The van der Waals surface area contributed by atoms with E-state index in [2.05, 4.69) is 46.3 Å². The van der Waals surface area contributed by atoms with E-state index >= 15 is 0 Å². The van der Waals surface area contributed by atoms with Crippen LogP contribution in [0.2, 0.25) is 0 Å². The van der Waals surface area contributed by atoms with Crippen molar-refractivity contribution < 1.29 is 4.79 Å². The number of thiophene rings is 1. The number of nitrogens with zero attached hydrogens (tertiary/aromatic N) is 1. The zero-order valence-corrected chi connectivity index (χ0v) is 16.6. The summed E-state index contributed by atoms with van der Waals surface area (Å²) in [6.45, 7) is 1.32. The Balaban J connectivity index is 1.43. The maximum Gasteiger partial charge on any atom is 0.240 e. The first-order valence-corrected chi connectivity index (χ1v) is 10.2. The maximum absolute atomic E-state index is 12.7. The number of benzene rings is 2. The first-order valence-electron chi connectivity index (χ1n) is 8.56. The number of carbonyl (C=O) groups excluding carboxylic acids is 1. The van der Waals surface area contributed by atoms with Crippen LogP contribution in [0.3, 0.4) is 0 Å². The van der Waals surface area contributed by atoms with Crippen molar-refractivity contribution in [2.45, 2.75) is 25.6 Å². The van der Waals surface area contributed by atoms with Crippen molar-refractivity contribution in [1.29, 1.82) is 0 Å². The number of hydrogen-bond acceptors (Lipinski definition) is 3. The fourth-order valence-corrected chi connectivity index (χ4v) is 5.06. The number of nitrogens with two attached hydrogens (primary N) is 1. The second-order valence-corrected chi connectivity index (χ2v) is 8.54. The standard InChI is InChI=1S/C21H19BrN2OS/c22-18-8-4-3-7-17(18)20-10-9-16(26-20)11-19(23)21(25)24-12-14-5-1-2-6-15(14)13-24/h1-10,19H,11-13,23H2/t19-/m1/s1. The van der Waals surface area contributed by atoms with E-state index in [-0.39, 0.29) is 5.91 Å². The lowest BCUT2D eigenvalue weighted by molar-refractivity contribution is -0.133. The van der Waals surface area contributed by atoms with E-state index in [1.165, 1.54) is 21.6 Å². The minimum Gasteiger partial charge on any atom is -0.333 e. The third kappa shape index (κ3) is 3.47. The molecular weight excluding hydrogens is 408 g/mol. The molecule has 0 spiro atoms. The molecule has 2 aromatic carbocycles. The van der Waals surface area contributed by atoms with E-state index in [0.29, 0.717) is 19.5 Å². The summed E-state index contributed by atoms with van der Waals surface area (Å²) < 4.78 is 1.07. The number of rotatable bonds is 4. The van der Waals surface area contributed by atoms with E-state index in [0.717, 1.165) is 9.35 Å². The quantitative estimate of drug-likeness (QED) is 0.662. The Labute approximate surface area is 165 Å². The van der Waals surface area contributed by atoms with Gasteiger partial charge in [0.15, 0.2) is 0 Å². The number of carbonyl (C=O) groups is 1. The van der Waals surface area contributed by atoms with Crippen molar-refractivity contribution in [3.8, 4) is 10.4 Å². The lowest BCUT2D eigenvalue weighted by Crippen LogP contribution is -2.42. The van der Waals surface area contributed by atoms with Crippen molar-refractivity contribution in [2.24, 2.45) is 5.73 Å². The van der Waals surface area contributed by atoms with Gasteiger partial charge in [-0.2, -0.15) is 0 Å². The SMILES string of the molecule is N[C@H](Cc1ccc(-c2ccccc2Br)s1)C(=O)N1Cc2ccccc2C1. The smallest absolute Gasteiger partial charge is 0.240 e. The molecule has 0 saturated heterocycles. The van der Waals surface area contributed by atoms with E-state index in [1.54, 1.807) is 11.3 Å². The lowest BCUT2D eigenvalue weighted by atomic mass is 10.1. The average Bonchev–Trinajstić information content (AvgIpc) is 3.28. The average molecular weight is 427 g/mol. The van der Waals surface area contributed by atoms with Gasteiger partial charge < -0.3 is 10.6 Å². The Morgan fingerprint density at radius 2 is 1.69 bits per heavy atom. The first kappa shape index (κ1) is 17.5. The van der Waals surface area contributed by atoms with Crippen LogP contribution in [0.1, 0.15) is 16.0 Å². The maximum atomic E-state index is 12.7. The molecule has 1 aromatic heterocycles. The van der Waals surface area contributed by atoms with Gasteiger partial charge in [0.2, 0.25) is 5.91 Å². The Morgan fingerprint density at radius 1 is 1.04 bits per heavy atom. The molecule has 0 bridgehead atoms. The first-order chi connectivity index (χ1) is 12.6. The second kappa shape index (κ2) is 7.35. The molecule has 0 saturated carbocycles. The van der Waals surface area contributed by atoms with Crippen molar-refractivity contribution in [1.82, 2.24) is 4.90 Å². The molecule has 26 heavy (non-hydrogen) atoms. The molecule has 1 aliphatic heterocycles. The molecule has 132 valence electrons. The molecule has 2 heterocycles. The van der Waals surface area contributed by atoms with Crippen molar-refractivity contribution in [2.75, 3.05) is 0 Å². The lowest BCUT2D eigenvalue weighted by Gasteiger charge is -2.20. The van der Waals surface area contributed by atoms with Crippen molar-refractivity contribution in [3.05, 3.63) is 81.1 Å². The monoisotopic (exact) mass is 426 g/mol. The summed E-state index contributed by atoms with van der Waals surface area (Å²) in [6.07, 6.45) is 0.570. The number of fused-ring (bicyclic) bond motifs is 1. The van der Waals surface area contributed by atoms with Gasteiger partial charge in [-0.3, -0.25) is 4.79 Å². The topological polar surface area (TPSA) is 46.3 Å². The van der Waals surface area contributed by atoms with Crippen molar-refractivity contribution in [3.63, 3.8) is 0 Å². The van der Waals surface area contributed by atoms with E-state index in [4.69, 9.17) is 5.73 Å². The minimum absolute atomic E-state index is 0.0250. The summed E-state index contributed by atoms with van der Waals surface area (Å²) in [5.41, 5.74) is 9.86. The predicted octanol–water partition coefficient (Wildman–Crippen LogP) is 4.59. The van der Waals surface area contributed by atoms with Crippen LogP contribution in [0.5, 0.6) is 0 Å². The summed E-state index contributed by atoms with van der Waals surface area (Å²) in [5.74, 6) is 0.0250. The van der Waals surface area contributed by atoms with Crippen LogP contribution in [-0.4, -0.2) is 16.8 Å². The summed E-state index contributed by atoms with van der Waals surface area (Å²) >= 11 is 5.29. The van der Waals surface area contributed by atoms with E-state index in [1.807, 2.05) is 35.2 Å². The van der Waals surface area contributed by atoms with E-state index < -0.39 is 6.04 Å². The molecule has 1 atom stereocenters. The summed E-state index contributed by atoms with van der Waals surface area (Å²) in [4.78, 5) is 16.9. The molecule has 2 N–H and O–H groups in total. The van der Waals surface area contributed by atoms with Crippen molar-refractivity contribution >= 4 is 33.2 Å². The summed E-state index contributed by atoms with van der Waals surface area (Å²) in [5, 5.41) is 0. The van der Waals surface area contributed by atoms with Gasteiger partial charge in [0.05, 0.1) is 6.04 Å². The third-order valence-electron chi connectivity index (χ3n) is 4.69. The molecule has 1 amide bonds. The second-order valence-electron chi connectivity index (χ2n) is 6.52. The molecule has 3 nitrogen and oxygen atoms in total. The van der Waals surface area contributed by atoms with Crippen LogP contribution in [0.25, 0.3) is 10.4 Å². The van der Waals surface area contributed by atoms with Crippen LogP contribution in [0, 0.1) is 0 Å². The Hall–Kier alpha value is -1.95. The van der Waals surface area contributed by atoms with Gasteiger partial charge in [-0.25, -0.2) is 0 Å². The highest BCUT2D eigenvalue weighted by Crippen LogP contribution is 2.34. The van der Waals surface area contributed by atoms with Gasteiger partial charge in [-0.15, -0.1) is 11.3 Å². The Kier molecular flexibility index (Phi) is 4.94. The van der Waals surface area contributed by atoms with Gasteiger partial charge in [-0.1, -0.05) is 58.4 Å². The predicted molar refractivity (Wildman–Crippen MR) is 110 cm³/mol. The zero-order chi connectivity index (χ0) is 18.1. The molecule has 1 aliphatic rings. The van der Waals surface area contributed by atoms with Gasteiger partial charge in [0.25, 0.3) is 0 Å². The molecule has 0 aliphatic carbocycles. The molecule has 0 unspecified atom stereocenters. The van der Waals surface area contributed by atoms with Crippen LogP contribution in [0.4, 0.5) is 0 Å². The molecule has 0 radical (unpaired) electrons. The third-order valence-corrected chi connectivity index (χ3v) is 6.52. The summed E-state index contributed by atoms with van der Waals surface area (Å²) in [6, 6.07) is 20.0. The largest absolute Gasteiger partial charge is 0.333 e. The number of hydrogen-bond donors (Lipinski definition) is 1. The fourth-order valence-electron chi connectivity index (χ4n) is 3.32. The molecule has 0 fully saturated rings. The highest BCUT2D eigenvalue weighted by molar-refractivity contribution is 9.10. The van der Waals surface area contributed by atoms with Gasteiger partial charge >= 0.3 is 0 Å². The zero-order valence-electron chi connectivity index (χ0n) is 14.2. The highest BCUT2D eigenvalue weighted by atomic mass is 79.9. The van der Waals surface area contributed by atoms with E-state index in [9.17, 15) is 4.79 Å². The minimum atomic E-state index is -0.505. The number of amides is 1. The number of halogens is 1. The van der Waals surface area contributed by atoms with Crippen LogP contribution < -0.4 is 5.73 Å². The Bertz CT molecular complexity index is 927. The normalized spacial score (nSPS) is 14.3. The van der Waals surface area contributed by atoms with Gasteiger partial charge in [-0.05, 0) is 29.3 Å². The molecule has 5 heteroatoms. The molecular formula is C21H19BrN2OS. The van der Waals surface area contributed by atoms with Crippen LogP contribution >= 0.6 is 27.3 Å². The Morgan fingerprint density at radius 3 is 2.38 bits per heavy atom. The molecule has 4 rings (SSSR count). The highest BCUT2D eigenvalue weighted by Gasteiger charge is 2.27. The fraction of sp³-hybridized carbons (Fsp3) is 0.190. The van der Waals surface area contributed by atoms with Crippen LogP contribution in [0.15, 0.2) is 65.1 Å². The van der Waals surface area contributed by atoms with Crippen LogP contribution in [-0.2, 0) is 24.3 Å². The van der Waals surface area contributed by atoms with Gasteiger partial charge in [0.1, 0.15) is 0 Å².